The number of carbonyl (C=O) groups excluding carboxylic acids is 3. The smallest absolute Gasteiger partial charge is 0.269 e. The maximum Gasteiger partial charge on any atom is 0.269 e. The van der Waals surface area contributed by atoms with Gasteiger partial charge in [-0.15, -0.1) is 0 Å². The largest absolute Gasteiger partial charge is 0.340 e. The van der Waals surface area contributed by atoms with E-state index < -0.39 is 33.8 Å². The van der Waals surface area contributed by atoms with Crippen LogP contribution in [-0.2, 0) is 14.8 Å². The van der Waals surface area contributed by atoms with Crippen molar-refractivity contribution in [3.63, 3.8) is 0 Å². The molecular formula is C21H24N4O5S. The Bertz CT molecular complexity index is 1050. The van der Waals surface area contributed by atoms with Crippen molar-refractivity contribution in [1.82, 2.24) is 20.5 Å². The van der Waals surface area contributed by atoms with Crippen molar-refractivity contribution in [2.24, 2.45) is 0 Å². The summed E-state index contributed by atoms with van der Waals surface area (Å²) in [6, 6.07) is 13.0. The van der Waals surface area contributed by atoms with Gasteiger partial charge in [0.25, 0.3) is 17.7 Å². The second-order valence-electron chi connectivity index (χ2n) is 7.14. The van der Waals surface area contributed by atoms with Crippen LogP contribution in [0.15, 0.2) is 59.5 Å². The van der Waals surface area contributed by atoms with Gasteiger partial charge in [-0.1, -0.05) is 18.2 Å². The number of benzene rings is 2. The van der Waals surface area contributed by atoms with E-state index in [0.717, 1.165) is 12.8 Å². The van der Waals surface area contributed by atoms with E-state index in [-0.39, 0.29) is 10.5 Å². The van der Waals surface area contributed by atoms with Crippen molar-refractivity contribution in [3.8, 4) is 0 Å². The molecule has 9 nitrogen and oxygen atoms in total. The summed E-state index contributed by atoms with van der Waals surface area (Å²) in [5, 5.41) is 2.54. The summed E-state index contributed by atoms with van der Waals surface area (Å²) in [7, 11) is -3.56. The maximum atomic E-state index is 12.5. The fourth-order valence-corrected chi connectivity index (χ4v) is 4.61. The zero-order chi connectivity index (χ0) is 22.4. The third-order valence-electron chi connectivity index (χ3n) is 4.90. The van der Waals surface area contributed by atoms with Crippen molar-refractivity contribution in [1.29, 1.82) is 0 Å². The molecule has 1 unspecified atom stereocenters. The summed E-state index contributed by atoms with van der Waals surface area (Å²) in [6.45, 7) is 2.48. The fourth-order valence-electron chi connectivity index (χ4n) is 3.09. The number of hydrazine groups is 1. The van der Waals surface area contributed by atoms with Gasteiger partial charge in [0, 0.05) is 24.2 Å². The standard InChI is InChI=1S/C21H24N4O5S/c1-15(22-20(27)16-7-3-2-4-8-16)19(26)23-24-21(28)17-9-11-18(12-10-17)31(29,30)25-13-5-6-14-25/h2-4,7-12,15H,5-6,13-14H2,1H3,(H,22,27)(H,23,26)(H,24,28). The Morgan fingerprint density at radius 1 is 0.839 bits per heavy atom. The maximum absolute atomic E-state index is 12.5. The van der Waals surface area contributed by atoms with Gasteiger partial charge in [0.1, 0.15) is 6.04 Å². The third kappa shape index (κ3) is 5.47. The van der Waals surface area contributed by atoms with E-state index in [9.17, 15) is 22.8 Å². The molecule has 3 N–H and O–H groups in total. The molecule has 10 heteroatoms. The van der Waals surface area contributed by atoms with Crippen molar-refractivity contribution >= 4 is 27.7 Å². The first-order valence-corrected chi connectivity index (χ1v) is 11.3. The number of hydrogen-bond donors (Lipinski definition) is 3. The lowest BCUT2D eigenvalue weighted by Gasteiger charge is -2.16. The molecule has 1 atom stereocenters. The van der Waals surface area contributed by atoms with E-state index in [4.69, 9.17) is 0 Å². The molecule has 31 heavy (non-hydrogen) atoms. The van der Waals surface area contributed by atoms with Gasteiger partial charge in [0.05, 0.1) is 4.90 Å². The first-order chi connectivity index (χ1) is 14.8. The molecule has 0 aliphatic carbocycles. The molecule has 0 aromatic heterocycles. The minimum atomic E-state index is -3.56. The Kier molecular flexibility index (Phi) is 7.03. The van der Waals surface area contributed by atoms with Crippen LogP contribution in [0.3, 0.4) is 0 Å². The molecule has 0 spiro atoms. The molecule has 1 heterocycles. The molecule has 3 rings (SSSR count). The average Bonchev–Trinajstić information content (AvgIpc) is 3.33. The van der Waals surface area contributed by atoms with E-state index >= 15 is 0 Å². The molecule has 0 saturated carbocycles. The van der Waals surface area contributed by atoms with Crippen molar-refractivity contribution in [2.75, 3.05) is 13.1 Å². The van der Waals surface area contributed by atoms with Crippen molar-refractivity contribution in [3.05, 3.63) is 65.7 Å². The number of hydrogen-bond acceptors (Lipinski definition) is 5. The average molecular weight is 445 g/mol. The second kappa shape index (κ2) is 9.71. The second-order valence-corrected chi connectivity index (χ2v) is 9.08. The van der Waals surface area contributed by atoms with Crippen LogP contribution in [0.1, 0.15) is 40.5 Å². The van der Waals surface area contributed by atoms with E-state index in [1.165, 1.54) is 35.5 Å². The molecule has 2 aromatic carbocycles. The van der Waals surface area contributed by atoms with Gasteiger partial charge in [0.2, 0.25) is 10.0 Å². The quantitative estimate of drug-likeness (QED) is 0.575. The normalized spacial score (nSPS) is 15.1. The molecule has 164 valence electrons. The molecular weight excluding hydrogens is 420 g/mol. The first-order valence-electron chi connectivity index (χ1n) is 9.85. The van der Waals surface area contributed by atoms with E-state index in [2.05, 4.69) is 16.2 Å². The molecule has 1 fully saturated rings. The molecule has 0 radical (unpaired) electrons. The van der Waals surface area contributed by atoms with E-state index in [0.29, 0.717) is 18.7 Å². The Hall–Kier alpha value is -3.24. The highest BCUT2D eigenvalue weighted by molar-refractivity contribution is 7.89. The Morgan fingerprint density at radius 3 is 2.03 bits per heavy atom. The Morgan fingerprint density at radius 2 is 1.42 bits per heavy atom. The lowest BCUT2D eigenvalue weighted by molar-refractivity contribution is -0.123. The van der Waals surface area contributed by atoms with Gasteiger partial charge in [-0.3, -0.25) is 25.2 Å². The van der Waals surface area contributed by atoms with E-state index in [1.54, 1.807) is 30.3 Å². The summed E-state index contributed by atoms with van der Waals surface area (Å²) in [4.78, 5) is 36.6. The summed E-state index contributed by atoms with van der Waals surface area (Å²) in [5.74, 6) is -1.63. The van der Waals surface area contributed by atoms with Gasteiger partial charge in [-0.05, 0) is 56.2 Å². The zero-order valence-corrected chi connectivity index (χ0v) is 17.8. The Labute approximate surface area is 180 Å². The van der Waals surface area contributed by atoms with Crippen LogP contribution in [0.2, 0.25) is 0 Å². The summed E-state index contributed by atoms with van der Waals surface area (Å²) < 4.78 is 26.5. The molecule has 1 aliphatic rings. The fraction of sp³-hybridized carbons (Fsp3) is 0.286. The van der Waals surface area contributed by atoms with Gasteiger partial charge in [-0.2, -0.15) is 4.31 Å². The number of amides is 3. The summed E-state index contributed by atoms with van der Waals surface area (Å²) in [6.07, 6.45) is 1.67. The predicted octanol–water partition coefficient (Wildman–Crippen LogP) is 1.05. The minimum Gasteiger partial charge on any atom is -0.340 e. The highest BCUT2D eigenvalue weighted by Gasteiger charge is 2.27. The molecule has 0 bridgehead atoms. The van der Waals surface area contributed by atoms with Crippen LogP contribution < -0.4 is 16.2 Å². The number of nitrogens with zero attached hydrogens (tertiary/aromatic N) is 1. The molecule has 3 amide bonds. The summed E-state index contributed by atoms with van der Waals surface area (Å²) >= 11 is 0. The monoisotopic (exact) mass is 444 g/mol. The van der Waals surface area contributed by atoms with Crippen LogP contribution in [0.25, 0.3) is 0 Å². The lowest BCUT2D eigenvalue weighted by atomic mass is 10.2. The summed E-state index contributed by atoms with van der Waals surface area (Å²) in [5.41, 5.74) is 5.10. The molecule has 2 aromatic rings. The Balaban J connectivity index is 1.53. The van der Waals surface area contributed by atoms with Crippen LogP contribution in [0.4, 0.5) is 0 Å². The van der Waals surface area contributed by atoms with Crippen molar-refractivity contribution in [2.45, 2.75) is 30.7 Å². The van der Waals surface area contributed by atoms with Crippen LogP contribution in [-0.4, -0.2) is 49.6 Å². The van der Waals surface area contributed by atoms with Crippen LogP contribution in [0.5, 0.6) is 0 Å². The zero-order valence-electron chi connectivity index (χ0n) is 17.0. The van der Waals surface area contributed by atoms with Crippen LogP contribution >= 0.6 is 0 Å². The van der Waals surface area contributed by atoms with E-state index in [1.807, 2.05) is 0 Å². The van der Waals surface area contributed by atoms with Gasteiger partial charge < -0.3 is 5.32 Å². The number of sulfonamides is 1. The number of rotatable bonds is 6. The van der Waals surface area contributed by atoms with Crippen molar-refractivity contribution < 1.29 is 22.8 Å². The molecule has 1 saturated heterocycles. The van der Waals surface area contributed by atoms with Gasteiger partial charge in [-0.25, -0.2) is 8.42 Å². The number of carbonyl (C=O) groups is 3. The highest BCUT2D eigenvalue weighted by Crippen LogP contribution is 2.21. The molecule has 1 aliphatic heterocycles. The van der Waals surface area contributed by atoms with Gasteiger partial charge in [0.15, 0.2) is 0 Å². The predicted molar refractivity (Wildman–Crippen MR) is 113 cm³/mol. The van der Waals surface area contributed by atoms with Crippen LogP contribution in [0, 0.1) is 0 Å². The third-order valence-corrected chi connectivity index (χ3v) is 6.81. The minimum absolute atomic E-state index is 0.118. The SMILES string of the molecule is CC(NC(=O)c1ccccc1)C(=O)NNC(=O)c1ccc(S(=O)(=O)N2CCCC2)cc1. The lowest BCUT2D eigenvalue weighted by Crippen LogP contribution is -2.51. The number of nitrogens with one attached hydrogen (secondary N) is 3. The van der Waals surface area contributed by atoms with Gasteiger partial charge >= 0.3 is 0 Å². The first kappa shape index (κ1) is 22.4. The topological polar surface area (TPSA) is 125 Å². The highest BCUT2D eigenvalue weighted by atomic mass is 32.2.